The van der Waals surface area contributed by atoms with E-state index in [1.807, 2.05) is 38.1 Å². The number of nitrogens with two attached hydrogens (primary N) is 1. The van der Waals surface area contributed by atoms with Gasteiger partial charge in [0.25, 0.3) is 0 Å². The average Bonchev–Trinajstić information content (AvgIpc) is 2.39. The lowest BCUT2D eigenvalue weighted by atomic mass is 9.95. The van der Waals surface area contributed by atoms with Crippen molar-refractivity contribution in [1.82, 2.24) is 4.98 Å². The molecule has 0 aliphatic carbocycles. The molecule has 0 fully saturated rings. The van der Waals surface area contributed by atoms with E-state index in [1.54, 1.807) is 12.4 Å². The summed E-state index contributed by atoms with van der Waals surface area (Å²) in [6.07, 6.45) is 3.50. The third kappa shape index (κ3) is 2.90. The number of anilines is 1. The summed E-state index contributed by atoms with van der Waals surface area (Å²) < 4.78 is 0. The highest BCUT2D eigenvalue weighted by Crippen LogP contribution is 2.23. The van der Waals surface area contributed by atoms with Crippen molar-refractivity contribution in [3.63, 3.8) is 0 Å². The van der Waals surface area contributed by atoms with E-state index < -0.39 is 0 Å². The molecule has 0 spiro atoms. The van der Waals surface area contributed by atoms with Crippen molar-refractivity contribution in [1.29, 1.82) is 0 Å². The van der Waals surface area contributed by atoms with E-state index in [9.17, 15) is 4.79 Å². The van der Waals surface area contributed by atoms with Crippen LogP contribution in [0, 0.1) is 11.8 Å². The summed E-state index contributed by atoms with van der Waals surface area (Å²) in [7, 11) is 0. The number of nitrogens with one attached hydrogen (secondary N) is 1. The van der Waals surface area contributed by atoms with Crippen molar-refractivity contribution in [2.45, 2.75) is 13.8 Å². The van der Waals surface area contributed by atoms with Crippen molar-refractivity contribution in [3.05, 3.63) is 36.7 Å². The number of benzene rings is 1. The van der Waals surface area contributed by atoms with Crippen LogP contribution in [0.2, 0.25) is 0 Å². The number of rotatable bonds is 4. The smallest absolute Gasteiger partial charge is 0.229 e. The third-order valence-corrected chi connectivity index (χ3v) is 3.34. The minimum absolute atomic E-state index is 0.0335. The average molecular weight is 257 g/mol. The summed E-state index contributed by atoms with van der Waals surface area (Å²) in [5, 5.41) is 4.96. The van der Waals surface area contributed by atoms with Gasteiger partial charge in [-0.15, -0.1) is 0 Å². The van der Waals surface area contributed by atoms with Gasteiger partial charge in [0.2, 0.25) is 5.91 Å². The number of pyridine rings is 1. The molecule has 0 aliphatic heterocycles. The molecule has 0 aliphatic rings. The fraction of sp³-hybridized carbons (Fsp3) is 0.333. The Hall–Kier alpha value is -1.94. The van der Waals surface area contributed by atoms with Crippen LogP contribution in [0.1, 0.15) is 13.8 Å². The zero-order chi connectivity index (χ0) is 13.8. The Morgan fingerprint density at radius 1 is 1.37 bits per heavy atom. The normalized spacial score (nSPS) is 12.6. The summed E-state index contributed by atoms with van der Waals surface area (Å²) in [5.41, 5.74) is 6.45. The molecule has 0 bridgehead atoms. The number of fused-ring (bicyclic) bond motifs is 1. The molecule has 1 aromatic carbocycles. The fourth-order valence-corrected chi connectivity index (χ4v) is 2.13. The van der Waals surface area contributed by atoms with E-state index in [4.69, 9.17) is 5.73 Å². The SMILES string of the molecule is CC(C)C(CN)C(=O)Nc1cccc2ccncc12. The predicted molar refractivity (Wildman–Crippen MR) is 77.8 cm³/mol. The first-order valence-electron chi connectivity index (χ1n) is 6.47. The van der Waals surface area contributed by atoms with Crippen LogP contribution in [-0.2, 0) is 4.79 Å². The van der Waals surface area contributed by atoms with Crippen molar-refractivity contribution >= 4 is 22.4 Å². The Labute approximate surface area is 113 Å². The summed E-state index contributed by atoms with van der Waals surface area (Å²) in [6.45, 7) is 4.36. The lowest BCUT2D eigenvalue weighted by Crippen LogP contribution is -2.33. The first-order chi connectivity index (χ1) is 9.13. The van der Waals surface area contributed by atoms with E-state index in [-0.39, 0.29) is 17.7 Å². The molecule has 100 valence electrons. The quantitative estimate of drug-likeness (QED) is 0.883. The molecule has 19 heavy (non-hydrogen) atoms. The monoisotopic (exact) mass is 257 g/mol. The molecular formula is C15H19N3O. The summed E-state index contributed by atoms with van der Waals surface area (Å²) in [6, 6.07) is 7.73. The zero-order valence-corrected chi connectivity index (χ0v) is 11.3. The van der Waals surface area contributed by atoms with Crippen LogP contribution in [0.5, 0.6) is 0 Å². The molecule has 2 rings (SSSR count). The summed E-state index contributed by atoms with van der Waals surface area (Å²) >= 11 is 0. The highest BCUT2D eigenvalue weighted by molar-refractivity contribution is 6.02. The molecule has 1 aromatic heterocycles. The van der Waals surface area contributed by atoms with Gasteiger partial charge < -0.3 is 11.1 Å². The number of carbonyl (C=O) groups excluding carboxylic acids is 1. The van der Waals surface area contributed by atoms with Crippen LogP contribution in [0.4, 0.5) is 5.69 Å². The van der Waals surface area contributed by atoms with Crippen LogP contribution < -0.4 is 11.1 Å². The Balaban J connectivity index is 2.29. The van der Waals surface area contributed by atoms with Gasteiger partial charge in [-0.25, -0.2) is 0 Å². The van der Waals surface area contributed by atoms with Gasteiger partial charge in [0, 0.05) is 24.3 Å². The van der Waals surface area contributed by atoms with Gasteiger partial charge in [-0.1, -0.05) is 26.0 Å². The minimum atomic E-state index is -0.174. The Morgan fingerprint density at radius 3 is 2.84 bits per heavy atom. The first kappa shape index (κ1) is 13.5. The zero-order valence-electron chi connectivity index (χ0n) is 11.3. The van der Waals surface area contributed by atoms with Gasteiger partial charge in [0.05, 0.1) is 11.6 Å². The first-order valence-corrected chi connectivity index (χ1v) is 6.47. The van der Waals surface area contributed by atoms with Crippen molar-refractivity contribution in [2.24, 2.45) is 17.6 Å². The van der Waals surface area contributed by atoms with Gasteiger partial charge in [0.1, 0.15) is 0 Å². The van der Waals surface area contributed by atoms with E-state index in [2.05, 4.69) is 10.3 Å². The second-order valence-electron chi connectivity index (χ2n) is 4.98. The van der Waals surface area contributed by atoms with Crippen LogP contribution in [0.25, 0.3) is 10.8 Å². The molecule has 1 unspecified atom stereocenters. The topological polar surface area (TPSA) is 68.0 Å². The molecule has 1 atom stereocenters. The highest BCUT2D eigenvalue weighted by atomic mass is 16.1. The van der Waals surface area contributed by atoms with Crippen LogP contribution >= 0.6 is 0 Å². The molecule has 1 heterocycles. The van der Waals surface area contributed by atoms with Gasteiger partial charge in [0.15, 0.2) is 0 Å². The second kappa shape index (κ2) is 5.80. The van der Waals surface area contributed by atoms with E-state index >= 15 is 0 Å². The molecule has 0 saturated carbocycles. The molecule has 0 saturated heterocycles. The minimum Gasteiger partial charge on any atom is -0.330 e. The van der Waals surface area contributed by atoms with Crippen LogP contribution in [0.3, 0.4) is 0 Å². The predicted octanol–water partition coefficient (Wildman–Crippen LogP) is 2.40. The van der Waals surface area contributed by atoms with Crippen LogP contribution in [0.15, 0.2) is 36.7 Å². The summed E-state index contributed by atoms with van der Waals surface area (Å²) in [5.74, 6) is 0.0129. The number of aromatic nitrogens is 1. The number of amides is 1. The highest BCUT2D eigenvalue weighted by Gasteiger charge is 2.20. The van der Waals surface area contributed by atoms with Gasteiger partial charge in [-0.3, -0.25) is 9.78 Å². The van der Waals surface area contributed by atoms with Gasteiger partial charge in [-0.2, -0.15) is 0 Å². The number of nitrogens with zero attached hydrogens (tertiary/aromatic N) is 1. The molecule has 2 aromatic rings. The number of hydrogen-bond acceptors (Lipinski definition) is 3. The van der Waals surface area contributed by atoms with Crippen molar-refractivity contribution in [2.75, 3.05) is 11.9 Å². The largest absolute Gasteiger partial charge is 0.330 e. The summed E-state index contributed by atoms with van der Waals surface area (Å²) in [4.78, 5) is 16.3. The maximum Gasteiger partial charge on any atom is 0.229 e. The molecule has 3 N–H and O–H groups in total. The third-order valence-electron chi connectivity index (χ3n) is 3.34. The van der Waals surface area contributed by atoms with E-state index in [1.165, 1.54) is 0 Å². The van der Waals surface area contributed by atoms with E-state index in [0.29, 0.717) is 6.54 Å². The standard InChI is InChI=1S/C15H19N3O/c1-10(2)12(8-16)15(19)18-14-5-3-4-11-6-7-17-9-13(11)14/h3-7,9-10,12H,8,16H2,1-2H3,(H,18,19). The Kier molecular flexibility index (Phi) is 4.12. The maximum atomic E-state index is 12.2. The van der Waals surface area contributed by atoms with Gasteiger partial charge >= 0.3 is 0 Å². The molecule has 4 heteroatoms. The number of hydrogen-bond donors (Lipinski definition) is 2. The Bertz CT molecular complexity index is 575. The molecule has 0 radical (unpaired) electrons. The van der Waals surface area contributed by atoms with Crippen molar-refractivity contribution in [3.8, 4) is 0 Å². The lowest BCUT2D eigenvalue weighted by molar-refractivity contribution is -0.120. The van der Waals surface area contributed by atoms with Gasteiger partial charge in [-0.05, 0) is 23.4 Å². The second-order valence-corrected chi connectivity index (χ2v) is 4.98. The lowest BCUT2D eigenvalue weighted by Gasteiger charge is -2.18. The maximum absolute atomic E-state index is 12.2. The molecule has 4 nitrogen and oxygen atoms in total. The molecular weight excluding hydrogens is 238 g/mol. The Morgan fingerprint density at radius 2 is 2.16 bits per heavy atom. The van der Waals surface area contributed by atoms with Crippen LogP contribution in [-0.4, -0.2) is 17.4 Å². The van der Waals surface area contributed by atoms with Crippen molar-refractivity contribution < 1.29 is 4.79 Å². The van der Waals surface area contributed by atoms with E-state index in [0.717, 1.165) is 16.5 Å². The number of carbonyl (C=O) groups is 1. The fourth-order valence-electron chi connectivity index (χ4n) is 2.13. The molecule has 1 amide bonds.